The normalized spacial score (nSPS) is 21.1. The van der Waals surface area contributed by atoms with Gasteiger partial charge in [-0.15, -0.1) is 0 Å². The molecule has 3 amide bonds. The van der Waals surface area contributed by atoms with Gasteiger partial charge in [-0.05, 0) is 75.2 Å². The van der Waals surface area contributed by atoms with E-state index in [-0.39, 0.29) is 42.8 Å². The molecular formula is C31H43FN4O4. The highest BCUT2D eigenvalue weighted by atomic mass is 19.1. The van der Waals surface area contributed by atoms with Gasteiger partial charge in [0, 0.05) is 42.5 Å². The number of rotatable bonds is 8. The summed E-state index contributed by atoms with van der Waals surface area (Å²) in [5.74, 6) is 0.893. The Kier molecular flexibility index (Phi) is 10.4. The molecule has 1 heterocycles. The SMILES string of the molecule is C[C@@H]1CN([C@H](C)CO)C(=O)Cc2cc(NC(=O)Nc3ccc(F)cc3)ccc2O[C@@H]1CN(C)CC1CCCCC1. The summed E-state index contributed by atoms with van der Waals surface area (Å²) in [7, 11) is 2.14. The number of urea groups is 1. The summed E-state index contributed by atoms with van der Waals surface area (Å²) in [6.45, 7) is 6.08. The number of carbonyl (C=O) groups is 2. The minimum absolute atomic E-state index is 0.0389. The van der Waals surface area contributed by atoms with Gasteiger partial charge in [0.15, 0.2) is 0 Å². The minimum Gasteiger partial charge on any atom is -0.488 e. The van der Waals surface area contributed by atoms with E-state index in [0.717, 1.165) is 13.1 Å². The molecule has 1 saturated carbocycles. The maximum atomic E-state index is 13.4. The van der Waals surface area contributed by atoms with Crippen molar-refractivity contribution >= 4 is 23.3 Å². The minimum atomic E-state index is -0.478. The van der Waals surface area contributed by atoms with Crippen LogP contribution in [0.5, 0.6) is 5.75 Å². The largest absolute Gasteiger partial charge is 0.488 e. The standard InChI is InChI=1S/C31H43FN4O4/c1-21-17-36(22(2)20-37)30(38)16-24-15-27(34-31(39)33-26-11-9-25(32)10-12-26)13-14-28(24)40-29(21)19-35(3)18-23-7-5-4-6-8-23/h9-15,21-23,29,37H,4-8,16-20H2,1-3H3,(H2,33,34,39)/t21-,22-,29-/m1/s1. The van der Waals surface area contributed by atoms with Crippen LogP contribution in [0.2, 0.25) is 0 Å². The Morgan fingerprint density at radius 1 is 1.10 bits per heavy atom. The number of amides is 3. The van der Waals surface area contributed by atoms with Crippen LogP contribution in [0.3, 0.4) is 0 Å². The van der Waals surface area contributed by atoms with Gasteiger partial charge in [-0.2, -0.15) is 0 Å². The molecule has 2 aliphatic rings. The number of aliphatic hydroxyl groups is 1. The maximum absolute atomic E-state index is 13.4. The van der Waals surface area contributed by atoms with Crippen LogP contribution in [-0.2, 0) is 11.2 Å². The molecule has 0 saturated heterocycles. The molecule has 3 atom stereocenters. The molecule has 3 N–H and O–H groups in total. The van der Waals surface area contributed by atoms with Crippen molar-refractivity contribution in [3.05, 3.63) is 53.8 Å². The van der Waals surface area contributed by atoms with Crippen LogP contribution in [0.1, 0.15) is 51.5 Å². The lowest BCUT2D eigenvalue weighted by atomic mass is 9.89. The lowest BCUT2D eigenvalue weighted by molar-refractivity contribution is -0.134. The van der Waals surface area contributed by atoms with E-state index >= 15 is 0 Å². The van der Waals surface area contributed by atoms with E-state index in [9.17, 15) is 19.1 Å². The summed E-state index contributed by atoms with van der Waals surface area (Å²) in [6, 6.07) is 10.0. The van der Waals surface area contributed by atoms with E-state index in [2.05, 4.69) is 29.5 Å². The number of likely N-dealkylation sites (N-methyl/N-ethyl adjacent to an activating group) is 1. The Morgan fingerprint density at radius 3 is 2.48 bits per heavy atom. The molecule has 0 spiro atoms. The highest BCUT2D eigenvalue weighted by Gasteiger charge is 2.31. The molecule has 1 aliphatic heterocycles. The van der Waals surface area contributed by atoms with E-state index in [1.807, 2.05) is 13.0 Å². The molecule has 218 valence electrons. The van der Waals surface area contributed by atoms with Crippen molar-refractivity contribution < 1.29 is 23.8 Å². The van der Waals surface area contributed by atoms with E-state index in [1.165, 1.54) is 56.4 Å². The third kappa shape index (κ3) is 8.17. The molecule has 8 nitrogen and oxygen atoms in total. The van der Waals surface area contributed by atoms with E-state index in [4.69, 9.17) is 4.74 Å². The highest BCUT2D eigenvalue weighted by Crippen LogP contribution is 2.30. The lowest BCUT2D eigenvalue weighted by Gasteiger charge is -2.35. The molecule has 0 unspecified atom stereocenters. The van der Waals surface area contributed by atoms with Crippen LogP contribution in [-0.4, -0.2) is 72.3 Å². The number of hydrogen-bond donors (Lipinski definition) is 3. The number of aliphatic hydroxyl groups excluding tert-OH is 1. The molecule has 1 fully saturated rings. The molecule has 0 bridgehead atoms. The Hall–Kier alpha value is -3.17. The predicted molar refractivity (Wildman–Crippen MR) is 155 cm³/mol. The van der Waals surface area contributed by atoms with Gasteiger partial charge in [0.05, 0.1) is 19.1 Å². The average Bonchev–Trinajstić information content (AvgIpc) is 2.97. The van der Waals surface area contributed by atoms with Crippen LogP contribution in [0.4, 0.5) is 20.6 Å². The van der Waals surface area contributed by atoms with Crippen LogP contribution in [0.25, 0.3) is 0 Å². The van der Waals surface area contributed by atoms with Crippen molar-refractivity contribution in [1.29, 1.82) is 0 Å². The number of carbonyl (C=O) groups excluding carboxylic acids is 2. The third-order valence-corrected chi connectivity index (χ3v) is 8.06. The number of nitrogens with one attached hydrogen (secondary N) is 2. The van der Waals surface area contributed by atoms with E-state index in [1.54, 1.807) is 17.0 Å². The fourth-order valence-electron chi connectivity index (χ4n) is 5.74. The average molecular weight is 555 g/mol. The monoisotopic (exact) mass is 554 g/mol. The topological polar surface area (TPSA) is 94.1 Å². The van der Waals surface area contributed by atoms with Crippen LogP contribution in [0.15, 0.2) is 42.5 Å². The summed E-state index contributed by atoms with van der Waals surface area (Å²) < 4.78 is 19.8. The number of halogens is 1. The first-order chi connectivity index (χ1) is 19.2. The first kappa shape index (κ1) is 29.8. The van der Waals surface area contributed by atoms with Crippen molar-refractivity contribution in [1.82, 2.24) is 9.80 Å². The summed E-state index contributed by atoms with van der Waals surface area (Å²) in [6.07, 6.45) is 6.41. The van der Waals surface area contributed by atoms with Gasteiger partial charge < -0.3 is 30.3 Å². The molecule has 1 aliphatic carbocycles. The van der Waals surface area contributed by atoms with Gasteiger partial charge in [0.1, 0.15) is 17.7 Å². The number of hydrogen-bond acceptors (Lipinski definition) is 5. The zero-order valence-electron chi connectivity index (χ0n) is 23.9. The summed E-state index contributed by atoms with van der Waals surface area (Å²) in [4.78, 5) is 30.1. The van der Waals surface area contributed by atoms with Crippen molar-refractivity contribution in [3.8, 4) is 5.75 Å². The molecule has 2 aromatic carbocycles. The van der Waals surface area contributed by atoms with Gasteiger partial charge >= 0.3 is 6.03 Å². The van der Waals surface area contributed by atoms with Crippen molar-refractivity contribution in [2.24, 2.45) is 11.8 Å². The summed E-state index contributed by atoms with van der Waals surface area (Å²) in [5, 5.41) is 15.4. The zero-order chi connectivity index (χ0) is 28.6. The molecule has 40 heavy (non-hydrogen) atoms. The Bertz CT molecular complexity index is 1140. The van der Waals surface area contributed by atoms with Gasteiger partial charge in [-0.25, -0.2) is 9.18 Å². The first-order valence-electron chi connectivity index (χ1n) is 14.4. The fourth-order valence-corrected chi connectivity index (χ4v) is 5.74. The van der Waals surface area contributed by atoms with Gasteiger partial charge in [0.25, 0.3) is 0 Å². The third-order valence-electron chi connectivity index (χ3n) is 8.06. The number of ether oxygens (including phenoxy) is 1. The van der Waals surface area contributed by atoms with Gasteiger partial charge in [-0.1, -0.05) is 26.2 Å². The fraction of sp³-hybridized carbons (Fsp3) is 0.548. The quantitative estimate of drug-likeness (QED) is 0.421. The van der Waals surface area contributed by atoms with E-state index in [0.29, 0.717) is 35.2 Å². The number of benzene rings is 2. The van der Waals surface area contributed by atoms with Gasteiger partial charge in [-0.3, -0.25) is 4.79 Å². The molecular weight excluding hydrogens is 511 g/mol. The van der Waals surface area contributed by atoms with Crippen molar-refractivity contribution in [2.75, 3.05) is 43.9 Å². The van der Waals surface area contributed by atoms with Gasteiger partial charge in [0.2, 0.25) is 5.91 Å². The predicted octanol–water partition coefficient (Wildman–Crippen LogP) is 5.13. The maximum Gasteiger partial charge on any atom is 0.323 e. The Labute approximate surface area is 236 Å². The molecule has 9 heteroatoms. The van der Waals surface area contributed by atoms with Crippen molar-refractivity contribution in [3.63, 3.8) is 0 Å². The second-order valence-electron chi connectivity index (χ2n) is 11.5. The Morgan fingerprint density at radius 2 is 1.77 bits per heavy atom. The summed E-state index contributed by atoms with van der Waals surface area (Å²) in [5.41, 5.74) is 1.64. The van der Waals surface area contributed by atoms with E-state index < -0.39 is 6.03 Å². The smallest absolute Gasteiger partial charge is 0.323 e. The van der Waals surface area contributed by atoms with Crippen LogP contribution < -0.4 is 15.4 Å². The molecule has 2 aromatic rings. The highest BCUT2D eigenvalue weighted by molar-refractivity contribution is 5.99. The second kappa shape index (κ2) is 13.9. The molecule has 0 aromatic heterocycles. The zero-order valence-corrected chi connectivity index (χ0v) is 23.9. The van der Waals surface area contributed by atoms with Crippen LogP contribution in [0, 0.1) is 17.7 Å². The lowest BCUT2D eigenvalue weighted by Crippen LogP contribution is -2.48. The number of anilines is 2. The van der Waals surface area contributed by atoms with Crippen molar-refractivity contribution in [2.45, 2.75) is 64.5 Å². The molecule has 0 radical (unpaired) electrons. The first-order valence-corrected chi connectivity index (χ1v) is 14.4. The Balaban J connectivity index is 1.53. The molecule has 4 rings (SSSR count). The number of nitrogens with zero attached hydrogens (tertiary/aromatic N) is 2. The number of fused-ring (bicyclic) bond motifs is 1. The summed E-state index contributed by atoms with van der Waals surface area (Å²) >= 11 is 0. The van der Waals surface area contributed by atoms with Crippen LogP contribution >= 0.6 is 0 Å². The second-order valence-corrected chi connectivity index (χ2v) is 11.5.